The van der Waals surface area contributed by atoms with Gasteiger partial charge in [-0.3, -0.25) is 4.79 Å². The van der Waals surface area contributed by atoms with E-state index in [1.54, 1.807) is 18.7 Å². The number of aromatic nitrogens is 1. The van der Waals surface area contributed by atoms with Crippen LogP contribution in [-0.2, 0) is 10.0 Å². The molecule has 7 heteroatoms. The van der Waals surface area contributed by atoms with Crippen molar-refractivity contribution >= 4 is 15.9 Å². The first-order chi connectivity index (χ1) is 12.4. The van der Waals surface area contributed by atoms with Gasteiger partial charge in [-0.15, -0.1) is 0 Å². The molecular weight excluding hydrogens is 350 g/mol. The molecule has 1 saturated heterocycles. The summed E-state index contributed by atoms with van der Waals surface area (Å²) in [6.07, 6.45) is 9.28. The zero-order valence-electron chi connectivity index (χ0n) is 15.9. The van der Waals surface area contributed by atoms with Gasteiger partial charge in [0.2, 0.25) is 10.0 Å². The van der Waals surface area contributed by atoms with Crippen LogP contribution in [0, 0.1) is 13.8 Å². The molecule has 1 aliphatic heterocycles. The summed E-state index contributed by atoms with van der Waals surface area (Å²) in [6.45, 7) is 4.94. The number of H-pyrrole nitrogens is 1. The molecule has 0 spiro atoms. The Kier molecular flexibility index (Phi) is 6.07. The number of carbonyl (C=O) groups excluding carboxylic acids is 1. The predicted octanol–water partition coefficient (Wildman–Crippen LogP) is 3.26. The Morgan fingerprint density at radius 2 is 1.54 bits per heavy atom. The number of amides is 1. The summed E-state index contributed by atoms with van der Waals surface area (Å²) in [6, 6.07) is -0.0324. The van der Waals surface area contributed by atoms with E-state index in [1.165, 1.54) is 12.8 Å². The van der Waals surface area contributed by atoms with Gasteiger partial charge >= 0.3 is 0 Å². The van der Waals surface area contributed by atoms with Gasteiger partial charge in [0.15, 0.2) is 0 Å². The third-order valence-electron chi connectivity index (χ3n) is 5.62. The van der Waals surface area contributed by atoms with Crippen molar-refractivity contribution in [2.45, 2.75) is 82.6 Å². The van der Waals surface area contributed by atoms with Gasteiger partial charge in [-0.2, -0.15) is 0 Å². The summed E-state index contributed by atoms with van der Waals surface area (Å²) >= 11 is 0. The van der Waals surface area contributed by atoms with Crippen molar-refractivity contribution in [3.63, 3.8) is 0 Å². The SMILES string of the molecule is Cc1[nH]c(C)c(S(=O)(=O)NC2CCCCCC2)c1C(=O)N1CCCCC1. The molecule has 2 aliphatic rings. The third kappa shape index (κ3) is 4.14. The normalized spacial score (nSPS) is 20.2. The summed E-state index contributed by atoms with van der Waals surface area (Å²) in [5.74, 6) is -0.159. The first-order valence-corrected chi connectivity index (χ1v) is 11.4. The molecule has 1 aromatic heterocycles. The smallest absolute Gasteiger partial charge is 0.257 e. The molecule has 2 fully saturated rings. The fraction of sp³-hybridized carbons (Fsp3) is 0.737. The Hall–Kier alpha value is -1.34. The van der Waals surface area contributed by atoms with E-state index in [-0.39, 0.29) is 16.8 Å². The topological polar surface area (TPSA) is 82.3 Å². The maximum absolute atomic E-state index is 13.2. The lowest BCUT2D eigenvalue weighted by atomic mass is 10.1. The molecule has 1 aliphatic carbocycles. The van der Waals surface area contributed by atoms with Crippen molar-refractivity contribution < 1.29 is 13.2 Å². The first-order valence-electron chi connectivity index (χ1n) is 9.91. The van der Waals surface area contributed by atoms with Crippen LogP contribution >= 0.6 is 0 Å². The Morgan fingerprint density at radius 1 is 0.962 bits per heavy atom. The van der Waals surface area contributed by atoms with Crippen LogP contribution in [0.3, 0.4) is 0 Å². The molecule has 2 N–H and O–H groups in total. The average molecular weight is 382 g/mol. The van der Waals surface area contributed by atoms with E-state index in [9.17, 15) is 13.2 Å². The number of piperidine rings is 1. The van der Waals surface area contributed by atoms with E-state index in [2.05, 4.69) is 9.71 Å². The van der Waals surface area contributed by atoms with Gasteiger partial charge in [-0.25, -0.2) is 13.1 Å². The number of hydrogen-bond donors (Lipinski definition) is 2. The summed E-state index contributed by atoms with van der Waals surface area (Å²) in [4.78, 5) is 18.1. The average Bonchev–Trinajstić information content (AvgIpc) is 2.76. The fourth-order valence-electron chi connectivity index (χ4n) is 4.28. The largest absolute Gasteiger partial charge is 0.361 e. The zero-order chi connectivity index (χ0) is 18.7. The zero-order valence-corrected chi connectivity index (χ0v) is 16.8. The van der Waals surface area contributed by atoms with Crippen LogP contribution in [0.2, 0.25) is 0 Å². The van der Waals surface area contributed by atoms with Crippen LogP contribution in [0.25, 0.3) is 0 Å². The molecule has 0 atom stereocenters. The highest BCUT2D eigenvalue weighted by atomic mass is 32.2. The van der Waals surface area contributed by atoms with Crippen LogP contribution in [-0.4, -0.2) is 43.3 Å². The number of sulfonamides is 1. The van der Waals surface area contributed by atoms with E-state index in [0.717, 1.165) is 44.9 Å². The van der Waals surface area contributed by atoms with E-state index in [1.807, 2.05) is 0 Å². The minimum Gasteiger partial charge on any atom is -0.361 e. The van der Waals surface area contributed by atoms with Crippen LogP contribution in [0.1, 0.15) is 79.5 Å². The van der Waals surface area contributed by atoms with Crippen LogP contribution in [0.15, 0.2) is 4.90 Å². The van der Waals surface area contributed by atoms with Crippen molar-refractivity contribution in [1.29, 1.82) is 0 Å². The van der Waals surface area contributed by atoms with Crippen LogP contribution < -0.4 is 4.72 Å². The number of hydrogen-bond acceptors (Lipinski definition) is 3. The number of carbonyl (C=O) groups is 1. The van der Waals surface area contributed by atoms with Crippen molar-refractivity contribution in [3.05, 3.63) is 17.0 Å². The molecule has 0 unspecified atom stereocenters. The van der Waals surface area contributed by atoms with Crippen molar-refractivity contribution in [3.8, 4) is 0 Å². The Morgan fingerprint density at radius 3 is 2.15 bits per heavy atom. The number of nitrogens with zero attached hydrogens (tertiary/aromatic N) is 1. The van der Waals surface area contributed by atoms with Crippen molar-refractivity contribution in [1.82, 2.24) is 14.6 Å². The third-order valence-corrected chi connectivity index (χ3v) is 7.31. The molecule has 0 aromatic carbocycles. The molecule has 1 amide bonds. The molecule has 0 radical (unpaired) electrons. The fourth-order valence-corrected chi connectivity index (χ4v) is 6.04. The van der Waals surface area contributed by atoms with Crippen molar-refractivity contribution in [2.75, 3.05) is 13.1 Å². The molecule has 6 nitrogen and oxygen atoms in total. The van der Waals surface area contributed by atoms with Gasteiger partial charge in [-0.05, 0) is 46.0 Å². The van der Waals surface area contributed by atoms with Gasteiger partial charge in [0.1, 0.15) is 4.90 Å². The molecule has 146 valence electrons. The molecule has 26 heavy (non-hydrogen) atoms. The molecule has 1 saturated carbocycles. The minimum absolute atomic E-state index is 0.0324. The lowest BCUT2D eigenvalue weighted by molar-refractivity contribution is 0.0720. The van der Waals surface area contributed by atoms with E-state index >= 15 is 0 Å². The Bertz CT molecular complexity index is 740. The van der Waals surface area contributed by atoms with Gasteiger partial charge in [0.25, 0.3) is 5.91 Å². The van der Waals surface area contributed by atoms with Gasteiger partial charge in [-0.1, -0.05) is 25.7 Å². The summed E-state index contributed by atoms with van der Waals surface area (Å²) in [7, 11) is -3.73. The molecular formula is C19H31N3O3S. The number of aromatic amines is 1. The lowest BCUT2D eigenvalue weighted by Gasteiger charge is -2.27. The van der Waals surface area contributed by atoms with Crippen LogP contribution in [0.5, 0.6) is 0 Å². The molecule has 3 rings (SSSR count). The van der Waals surface area contributed by atoms with E-state index in [4.69, 9.17) is 0 Å². The second kappa shape index (κ2) is 8.13. The number of rotatable bonds is 4. The molecule has 2 heterocycles. The highest BCUT2D eigenvalue weighted by molar-refractivity contribution is 7.89. The molecule has 1 aromatic rings. The minimum atomic E-state index is -3.73. The lowest BCUT2D eigenvalue weighted by Crippen LogP contribution is -2.38. The quantitative estimate of drug-likeness (QED) is 0.786. The highest BCUT2D eigenvalue weighted by Gasteiger charge is 2.33. The maximum atomic E-state index is 13.2. The maximum Gasteiger partial charge on any atom is 0.257 e. The number of aryl methyl sites for hydroxylation is 2. The Labute approximate surface area is 156 Å². The van der Waals surface area contributed by atoms with Gasteiger partial charge in [0.05, 0.1) is 5.56 Å². The van der Waals surface area contributed by atoms with Crippen LogP contribution in [0.4, 0.5) is 0 Å². The molecule has 0 bridgehead atoms. The highest BCUT2D eigenvalue weighted by Crippen LogP contribution is 2.28. The van der Waals surface area contributed by atoms with E-state index in [0.29, 0.717) is 30.0 Å². The number of likely N-dealkylation sites (tertiary alicyclic amines) is 1. The van der Waals surface area contributed by atoms with Gasteiger partial charge in [0, 0.05) is 30.5 Å². The Balaban J connectivity index is 1.89. The van der Waals surface area contributed by atoms with Gasteiger partial charge < -0.3 is 9.88 Å². The monoisotopic (exact) mass is 381 g/mol. The summed E-state index contributed by atoms with van der Waals surface area (Å²) in [5, 5.41) is 0. The predicted molar refractivity (Wildman–Crippen MR) is 102 cm³/mol. The van der Waals surface area contributed by atoms with E-state index < -0.39 is 10.0 Å². The summed E-state index contributed by atoms with van der Waals surface area (Å²) < 4.78 is 29.2. The van der Waals surface area contributed by atoms with Crippen molar-refractivity contribution in [2.24, 2.45) is 0 Å². The second-order valence-electron chi connectivity index (χ2n) is 7.74. The summed E-state index contributed by atoms with van der Waals surface area (Å²) in [5.41, 5.74) is 1.51. The second-order valence-corrected chi connectivity index (χ2v) is 9.39. The standard InChI is InChI=1S/C19H31N3O3S/c1-14-17(19(23)22-12-8-5-9-13-22)18(15(2)20-14)26(24,25)21-16-10-6-3-4-7-11-16/h16,20-21H,3-13H2,1-2H3. The first kappa shape index (κ1) is 19.4. The number of nitrogens with one attached hydrogen (secondary N) is 2.